The third-order valence-corrected chi connectivity index (χ3v) is 3.94. The Bertz CT molecular complexity index is 1060. The molecule has 8 heteroatoms. The zero-order chi connectivity index (χ0) is 20.8. The number of carbonyl (C=O) groups is 3. The monoisotopic (exact) mass is 396 g/mol. The summed E-state index contributed by atoms with van der Waals surface area (Å²) in [5.74, 6) is -2.30. The van der Waals surface area contributed by atoms with Gasteiger partial charge < -0.3 is 24.5 Å². The molecular formula is C21H20N2O6. The Morgan fingerprint density at radius 3 is 2.41 bits per heavy atom. The lowest BCUT2D eigenvalue weighted by atomic mass is 10.2. The molecule has 0 saturated heterocycles. The fraction of sp³-hybridized carbons (Fsp3) is 0.190. The van der Waals surface area contributed by atoms with E-state index in [1.807, 2.05) is 6.92 Å². The van der Waals surface area contributed by atoms with Crippen molar-refractivity contribution >= 4 is 40.1 Å². The SMILES string of the molecule is CCOC(=O)C(=O)Nc1c(C(=O)Nc2ccccc2OCC)oc2ccccc12. The number of anilines is 2. The van der Waals surface area contributed by atoms with Gasteiger partial charge in [0, 0.05) is 5.39 Å². The summed E-state index contributed by atoms with van der Waals surface area (Å²) >= 11 is 0. The van der Waals surface area contributed by atoms with Gasteiger partial charge in [0.05, 0.1) is 18.9 Å². The fourth-order valence-electron chi connectivity index (χ4n) is 2.72. The van der Waals surface area contributed by atoms with Crippen molar-refractivity contribution in [3.63, 3.8) is 0 Å². The van der Waals surface area contributed by atoms with Crippen molar-refractivity contribution in [1.29, 1.82) is 0 Å². The van der Waals surface area contributed by atoms with Gasteiger partial charge in [-0.3, -0.25) is 9.59 Å². The van der Waals surface area contributed by atoms with Gasteiger partial charge in [0.15, 0.2) is 0 Å². The molecule has 2 aromatic carbocycles. The highest BCUT2D eigenvalue weighted by molar-refractivity contribution is 6.38. The lowest BCUT2D eigenvalue weighted by Crippen LogP contribution is -2.26. The Morgan fingerprint density at radius 2 is 1.66 bits per heavy atom. The Morgan fingerprint density at radius 1 is 0.931 bits per heavy atom. The summed E-state index contributed by atoms with van der Waals surface area (Å²) in [6.45, 7) is 3.91. The molecule has 2 amide bonds. The number of fused-ring (bicyclic) bond motifs is 1. The Labute approximate surface area is 166 Å². The van der Waals surface area contributed by atoms with Gasteiger partial charge in [-0.1, -0.05) is 24.3 Å². The van der Waals surface area contributed by atoms with Crippen molar-refractivity contribution < 1.29 is 28.3 Å². The predicted molar refractivity (Wildman–Crippen MR) is 107 cm³/mol. The molecule has 2 N–H and O–H groups in total. The summed E-state index contributed by atoms with van der Waals surface area (Å²) < 4.78 is 15.9. The first-order valence-corrected chi connectivity index (χ1v) is 9.08. The van der Waals surface area contributed by atoms with Gasteiger partial charge in [0.1, 0.15) is 17.0 Å². The van der Waals surface area contributed by atoms with Crippen LogP contribution in [0.5, 0.6) is 5.75 Å². The van der Waals surface area contributed by atoms with Gasteiger partial charge in [-0.05, 0) is 38.1 Å². The van der Waals surface area contributed by atoms with E-state index in [0.29, 0.717) is 29.0 Å². The molecule has 1 heterocycles. The van der Waals surface area contributed by atoms with Gasteiger partial charge in [-0.25, -0.2) is 4.79 Å². The third-order valence-electron chi connectivity index (χ3n) is 3.94. The Balaban J connectivity index is 1.95. The van der Waals surface area contributed by atoms with Gasteiger partial charge in [-0.15, -0.1) is 0 Å². The molecule has 0 atom stereocenters. The smallest absolute Gasteiger partial charge is 0.397 e. The van der Waals surface area contributed by atoms with Crippen LogP contribution in [0, 0.1) is 0 Å². The molecule has 0 spiro atoms. The van der Waals surface area contributed by atoms with Crippen LogP contribution in [0.1, 0.15) is 24.4 Å². The first kappa shape index (κ1) is 19.9. The maximum atomic E-state index is 12.9. The second-order valence-electron chi connectivity index (χ2n) is 5.86. The van der Waals surface area contributed by atoms with E-state index in [2.05, 4.69) is 10.6 Å². The largest absolute Gasteiger partial charge is 0.492 e. The highest BCUT2D eigenvalue weighted by atomic mass is 16.5. The van der Waals surface area contributed by atoms with Crippen LogP contribution in [-0.4, -0.2) is 31.0 Å². The normalized spacial score (nSPS) is 10.4. The van der Waals surface area contributed by atoms with Crippen LogP contribution in [0.3, 0.4) is 0 Å². The lowest BCUT2D eigenvalue weighted by Gasteiger charge is -2.11. The first-order valence-electron chi connectivity index (χ1n) is 9.08. The molecule has 0 aliphatic rings. The third kappa shape index (κ3) is 4.37. The minimum absolute atomic E-state index is 0.0555. The van der Waals surface area contributed by atoms with Crippen LogP contribution in [0.15, 0.2) is 52.9 Å². The van der Waals surface area contributed by atoms with Crippen molar-refractivity contribution in [2.75, 3.05) is 23.8 Å². The minimum Gasteiger partial charge on any atom is -0.492 e. The summed E-state index contributed by atoms with van der Waals surface area (Å²) in [4.78, 5) is 36.8. The molecule has 0 radical (unpaired) electrons. The topological polar surface area (TPSA) is 107 Å². The van der Waals surface area contributed by atoms with Gasteiger partial charge in [-0.2, -0.15) is 0 Å². The zero-order valence-electron chi connectivity index (χ0n) is 16.0. The number of amides is 2. The average Bonchev–Trinajstić information content (AvgIpc) is 3.08. The number of para-hydroxylation sites is 3. The molecule has 0 fully saturated rings. The maximum Gasteiger partial charge on any atom is 0.397 e. The van der Waals surface area contributed by atoms with Gasteiger partial charge in [0.25, 0.3) is 5.91 Å². The van der Waals surface area contributed by atoms with E-state index in [0.717, 1.165) is 0 Å². The van der Waals surface area contributed by atoms with Crippen LogP contribution in [0.4, 0.5) is 11.4 Å². The molecule has 0 bridgehead atoms. The van der Waals surface area contributed by atoms with Crippen molar-refractivity contribution in [2.45, 2.75) is 13.8 Å². The first-order chi connectivity index (χ1) is 14.0. The molecule has 3 rings (SSSR count). The van der Waals surface area contributed by atoms with Crippen molar-refractivity contribution in [3.05, 3.63) is 54.3 Å². The van der Waals surface area contributed by atoms with Crippen LogP contribution >= 0.6 is 0 Å². The summed E-state index contributed by atoms with van der Waals surface area (Å²) in [6, 6.07) is 13.7. The lowest BCUT2D eigenvalue weighted by molar-refractivity contribution is -0.152. The average molecular weight is 396 g/mol. The van der Waals surface area contributed by atoms with Crippen molar-refractivity contribution in [1.82, 2.24) is 0 Å². The van der Waals surface area contributed by atoms with E-state index in [9.17, 15) is 14.4 Å². The number of rotatable bonds is 6. The van der Waals surface area contributed by atoms with E-state index in [1.54, 1.807) is 55.5 Å². The van der Waals surface area contributed by atoms with Crippen molar-refractivity contribution in [3.8, 4) is 5.75 Å². The van der Waals surface area contributed by atoms with E-state index >= 15 is 0 Å². The molecule has 29 heavy (non-hydrogen) atoms. The maximum absolute atomic E-state index is 12.9. The molecule has 1 aromatic heterocycles. The number of nitrogens with one attached hydrogen (secondary N) is 2. The molecule has 0 aliphatic carbocycles. The Kier molecular flexibility index (Phi) is 6.13. The zero-order valence-corrected chi connectivity index (χ0v) is 16.0. The van der Waals surface area contributed by atoms with Crippen LogP contribution in [0.25, 0.3) is 11.0 Å². The van der Waals surface area contributed by atoms with Gasteiger partial charge in [0.2, 0.25) is 5.76 Å². The number of esters is 1. The minimum atomic E-state index is -1.05. The van der Waals surface area contributed by atoms with E-state index in [1.165, 1.54) is 0 Å². The second-order valence-corrected chi connectivity index (χ2v) is 5.86. The number of furan rings is 1. The summed E-state index contributed by atoms with van der Waals surface area (Å²) in [7, 11) is 0. The van der Waals surface area contributed by atoms with Crippen LogP contribution < -0.4 is 15.4 Å². The molecule has 3 aromatic rings. The van der Waals surface area contributed by atoms with Crippen LogP contribution in [0.2, 0.25) is 0 Å². The quantitative estimate of drug-likeness (QED) is 0.487. The molecule has 0 unspecified atom stereocenters. The highest BCUT2D eigenvalue weighted by Crippen LogP contribution is 2.32. The molecule has 0 saturated carbocycles. The fourth-order valence-corrected chi connectivity index (χ4v) is 2.72. The van der Waals surface area contributed by atoms with E-state index < -0.39 is 17.8 Å². The number of carbonyl (C=O) groups excluding carboxylic acids is 3. The highest BCUT2D eigenvalue weighted by Gasteiger charge is 2.25. The van der Waals surface area contributed by atoms with Crippen molar-refractivity contribution in [2.24, 2.45) is 0 Å². The predicted octanol–water partition coefficient (Wildman–Crippen LogP) is 3.59. The summed E-state index contributed by atoms with van der Waals surface area (Å²) in [5, 5.41) is 5.62. The number of hydrogen-bond acceptors (Lipinski definition) is 6. The second kappa shape index (κ2) is 8.92. The van der Waals surface area contributed by atoms with Crippen LogP contribution in [-0.2, 0) is 14.3 Å². The summed E-state index contributed by atoms with van der Waals surface area (Å²) in [5.41, 5.74) is 0.919. The number of benzene rings is 2. The number of ether oxygens (including phenoxy) is 2. The van der Waals surface area contributed by atoms with E-state index in [4.69, 9.17) is 13.9 Å². The molecule has 150 valence electrons. The van der Waals surface area contributed by atoms with E-state index in [-0.39, 0.29) is 18.1 Å². The molecule has 0 aliphatic heterocycles. The standard InChI is InChI=1S/C21H20N2O6/c1-3-27-16-12-8-6-10-14(16)22-19(24)18-17(23-20(25)21(26)28-4-2)13-9-5-7-11-15(13)29-18/h5-12H,3-4H2,1-2H3,(H,22,24)(H,23,25). The van der Waals surface area contributed by atoms with Gasteiger partial charge >= 0.3 is 11.9 Å². The Hall–Kier alpha value is -3.81. The molecule has 8 nitrogen and oxygen atoms in total. The number of hydrogen-bond donors (Lipinski definition) is 2. The molecular weight excluding hydrogens is 376 g/mol. The summed E-state index contributed by atoms with van der Waals surface area (Å²) in [6.07, 6.45) is 0.